The maximum atomic E-state index is 13.0. The lowest BCUT2D eigenvalue weighted by atomic mass is 10.1. The van der Waals surface area contributed by atoms with Crippen LogP contribution in [0.15, 0.2) is 29.2 Å². The minimum atomic E-state index is -3.52. The summed E-state index contributed by atoms with van der Waals surface area (Å²) in [5, 5.41) is 10.3. The number of nitrogens with zero attached hydrogens (tertiary/aromatic N) is 1. The highest BCUT2D eigenvalue weighted by molar-refractivity contribution is 7.89. The lowest BCUT2D eigenvalue weighted by Gasteiger charge is -2.17. The summed E-state index contributed by atoms with van der Waals surface area (Å²) in [7, 11) is -3.52. The average Bonchev–Trinajstić information content (AvgIpc) is 3.11. The van der Waals surface area contributed by atoms with E-state index in [1.165, 1.54) is 11.3 Å². The molecule has 1 N–H and O–H groups in total. The topological polar surface area (TPSA) is 57.6 Å². The van der Waals surface area contributed by atoms with Crippen LogP contribution in [0.5, 0.6) is 0 Å². The first-order valence-electron chi connectivity index (χ1n) is 7.19. The predicted octanol–water partition coefficient (Wildman–Crippen LogP) is 2.81. The van der Waals surface area contributed by atoms with Gasteiger partial charge < -0.3 is 5.11 Å². The molecule has 1 aliphatic rings. The van der Waals surface area contributed by atoms with Gasteiger partial charge in [-0.15, -0.1) is 11.3 Å². The molecule has 0 amide bonds. The Hall–Kier alpha value is -0.950. The summed E-state index contributed by atoms with van der Waals surface area (Å²) in [5.74, 6) is 0.447. The lowest BCUT2D eigenvalue weighted by Crippen LogP contribution is -2.29. The van der Waals surface area contributed by atoms with E-state index >= 15 is 0 Å². The molecule has 0 radical (unpaired) electrons. The quantitative estimate of drug-likeness (QED) is 0.940. The molecule has 0 aliphatic carbocycles. The highest BCUT2D eigenvalue weighted by atomic mass is 32.2. The molecule has 0 saturated carbocycles. The summed E-state index contributed by atoms with van der Waals surface area (Å²) in [4.78, 5) is 0.846. The Morgan fingerprint density at radius 1 is 1.38 bits per heavy atom. The molecule has 1 aromatic heterocycles. The van der Waals surface area contributed by atoms with Crippen molar-refractivity contribution in [1.29, 1.82) is 0 Å². The molecular formula is C15H19NO3S2. The Morgan fingerprint density at radius 2 is 2.14 bits per heavy atom. The molecule has 1 unspecified atom stereocenters. The van der Waals surface area contributed by atoms with Gasteiger partial charge in [-0.1, -0.05) is 31.5 Å². The Bertz CT molecular complexity index is 751. The molecular weight excluding hydrogens is 306 g/mol. The number of benzene rings is 1. The number of rotatable bonds is 4. The van der Waals surface area contributed by atoms with Crippen LogP contribution in [0.2, 0.25) is 0 Å². The SMILES string of the molecule is CCC1CCN(S(=O)(=O)c2c(CO)sc3ccccc23)C1. The Kier molecular flexibility index (Phi) is 4.05. The van der Waals surface area contributed by atoms with E-state index in [0.717, 1.165) is 22.9 Å². The third-order valence-corrected chi connectivity index (χ3v) is 7.46. The van der Waals surface area contributed by atoms with Crippen molar-refractivity contribution in [3.63, 3.8) is 0 Å². The molecule has 6 heteroatoms. The van der Waals surface area contributed by atoms with E-state index in [1.54, 1.807) is 4.31 Å². The minimum Gasteiger partial charge on any atom is -0.391 e. The van der Waals surface area contributed by atoms with Crippen molar-refractivity contribution in [2.75, 3.05) is 13.1 Å². The Morgan fingerprint density at radius 3 is 2.81 bits per heavy atom. The lowest BCUT2D eigenvalue weighted by molar-refractivity contribution is 0.282. The van der Waals surface area contributed by atoms with Gasteiger partial charge in [0.25, 0.3) is 0 Å². The maximum absolute atomic E-state index is 13.0. The summed E-state index contributed by atoms with van der Waals surface area (Å²) in [6, 6.07) is 7.45. The smallest absolute Gasteiger partial charge is 0.244 e. The highest BCUT2D eigenvalue weighted by Crippen LogP contribution is 2.37. The van der Waals surface area contributed by atoms with Crippen molar-refractivity contribution in [1.82, 2.24) is 4.31 Å². The molecule has 21 heavy (non-hydrogen) atoms. The second-order valence-corrected chi connectivity index (χ2v) is 8.45. The third kappa shape index (κ3) is 2.50. The number of sulfonamides is 1. The number of fused-ring (bicyclic) bond motifs is 1. The first-order chi connectivity index (χ1) is 10.1. The highest BCUT2D eigenvalue weighted by Gasteiger charge is 2.35. The molecule has 1 fully saturated rings. The van der Waals surface area contributed by atoms with E-state index in [4.69, 9.17) is 0 Å². The first-order valence-corrected chi connectivity index (χ1v) is 9.45. The molecule has 2 aromatic rings. The van der Waals surface area contributed by atoms with E-state index < -0.39 is 10.0 Å². The molecule has 1 aliphatic heterocycles. The minimum absolute atomic E-state index is 0.237. The average molecular weight is 325 g/mol. The zero-order valence-corrected chi connectivity index (χ0v) is 13.6. The van der Waals surface area contributed by atoms with Crippen LogP contribution in [0.1, 0.15) is 24.6 Å². The normalized spacial score (nSPS) is 20.4. The summed E-state index contributed by atoms with van der Waals surface area (Å²) < 4.78 is 28.4. The second kappa shape index (κ2) is 5.68. The van der Waals surface area contributed by atoms with Crippen LogP contribution in [0.3, 0.4) is 0 Å². The van der Waals surface area contributed by atoms with Crippen LogP contribution in [-0.4, -0.2) is 30.9 Å². The van der Waals surface area contributed by atoms with Crippen molar-refractivity contribution in [3.05, 3.63) is 29.1 Å². The van der Waals surface area contributed by atoms with Gasteiger partial charge in [-0.25, -0.2) is 8.42 Å². The fraction of sp³-hybridized carbons (Fsp3) is 0.467. The fourth-order valence-electron chi connectivity index (χ4n) is 2.94. The molecule has 114 valence electrons. The monoisotopic (exact) mass is 325 g/mol. The van der Waals surface area contributed by atoms with Crippen molar-refractivity contribution in [2.45, 2.75) is 31.3 Å². The van der Waals surface area contributed by atoms with Crippen LogP contribution in [0.4, 0.5) is 0 Å². The van der Waals surface area contributed by atoms with E-state index in [-0.39, 0.29) is 6.61 Å². The van der Waals surface area contributed by atoms with Crippen LogP contribution in [0.25, 0.3) is 10.1 Å². The van der Waals surface area contributed by atoms with Crippen LogP contribution < -0.4 is 0 Å². The summed E-state index contributed by atoms with van der Waals surface area (Å²) >= 11 is 1.36. The van der Waals surface area contributed by atoms with Gasteiger partial charge in [0.1, 0.15) is 4.90 Å². The van der Waals surface area contributed by atoms with E-state index in [2.05, 4.69) is 6.92 Å². The number of aliphatic hydroxyl groups is 1. The Labute approximate surface area is 129 Å². The van der Waals surface area contributed by atoms with Crippen LogP contribution >= 0.6 is 11.3 Å². The predicted molar refractivity (Wildman–Crippen MR) is 84.9 cm³/mol. The second-order valence-electron chi connectivity index (χ2n) is 5.43. The maximum Gasteiger partial charge on any atom is 0.244 e. The molecule has 0 bridgehead atoms. The van der Waals surface area contributed by atoms with Crippen molar-refractivity contribution in [3.8, 4) is 0 Å². The number of aliphatic hydroxyl groups excluding tert-OH is 1. The summed E-state index contributed by atoms with van der Waals surface area (Å²) in [6.45, 7) is 3.03. The number of thiophene rings is 1. The summed E-state index contributed by atoms with van der Waals surface area (Å²) in [5.41, 5.74) is 0. The number of hydrogen-bond acceptors (Lipinski definition) is 4. The van der Waals surface area contributed by atoms with Crippen LogP contribution in [0, 0.1) is 5.92 Å². The number of hydrogen-bond donors (Lipinski definition) is 1. The molecule has 1 saturated heterocycles. The van der Waals surface area contributed by atoms with E-state index in [1.807, 2.05) is 24.3 Å². The molecule has 1 aromatic carbocycles. The molecule has 2 heterocycles. The first kappa shape index (κ1) is 15.0. The van der Waals surface area contributed by atoms with E-state index in [9.17, 15) is 13.5 Å². The van der Waals surface area contributed by atoms with Gasteiger partial charge in [-0.3, -0.25) is 0 Å². The molecule has 0 spiro atoms. The van der Waals surface area contributed by atoms with Gasteiger partial charge >= 0.3 is 0 Å². The largest absolute Gasteiger partial charge is 0.391 e. The standard InChI is InChI=1S/C15H19NO3S2/c1-2-11-7-8-16(9-11)21(18,19)15-12-5-3-4-6-13(12)20-14(15)10-17/h3-6,11,17H,2,7-10H2,1H3. The van der Waals surface area contributed by atoms with Crippen molar-refractivity contribution >= 4 is 31.4 Å². The summed E-state index contributed by atoms with van der Waals surface area (Å²) in [6.07, 6.45) is 1.93. The van der Waals surface area contributed by atoms with Crippen molar-refractivity contribution < 1.29 is 13.5 Å². The van der Waals surface area contributed by atoms with Crippen molar-refractivity contribution in [2.24, 2.45) is 5.92 Å². The van der Waals surface area contributed by atoms with Gasteiger partial charge in [0, 0.05) is 23.2 Å². The van der Waals surface area contributed by atoms with Gasteiger partial charge in [0.2, 0.25) is 10.0 Å². The van der Waals surface area contributed by atoms with Gasteiger partial charge in [0.15, 0.2) is 0 Å². The fourth-order valence-corrected chi connectivity index (χ4v) is 6.22. The van der Waals surface area contributed by atoms with E-state index in [0.29, 0.717) is 28.8 Å². The van der Waals surface area contributed by atoms with Gasteiger partial charge in [-0.05, 0) is 18.4 Å². The van der Waals surface area contributed by atoms with Crippen LogP contribution in [-0.2, 0) is 16.6 Å². The molecule has 1 atom stereocenters. The van der Waals surface area contributed by atoms with Gasteiger partial charge in [0.05, 0.1) is 11.5 Å². The molecule has 3 rings (SSSR count). The van der Waals surface area contributed by atoms with Gasteiger partial charge in [-0.2, -0.15) is 4.31 Å². The molecule has 4 nitrogen and oxygen atoms in total. The zero-order chi connectivity index (χ0) is 15.0. The third-order valence-electron chi connectivity index (χ3n) is 4.19. The Balaban J connectivity index is 2.10. The zero-order valence-electron chi connectivity index (χ0n) is 11.9.